The summed E-state index contributed by atoms with van der Waals surface area (Å²) >= 11 is 12.1. The van der Waals surface area contributed by atoms with Gasteiger partial charge in [0.05, 0.1) is 12.1 Å². The quantitative estimate of drug-likeness (QED) is 0.587. The third-order valence-electron chi connectivity index (χ3n) is 3.67. The lowest BCUT2D eigenvalue weighted by atomic mass is 10.1. The summed E-state index contributed by atoms with van der Waals surface area (Å²) in [6, 6.07) is 17.0. The summed E-state index contributed by atoms with van der Waals surface area (Å²) in [5, 5.41) is 5.89. The maximum atomic E-state index is 12.2. The first-order valence-electron chi connectivity index (χ1n) is 7.58. The van der Waals surface area contributed by atoms with E-state index in [9.17, 15) is 4.79 Å². The molecule has 0 aliphatic carbocycles. The Labute approximate surface area is 155 Å². The van der Waals surface area contributed by atoms with Gasteiger partial charge in [-0.2, -0.15) is 0 Å². The van der Waals surface area contributed by atoms with Crippen LogP contribution in [0.5, 0.6) is 5.75 Å². The first kappa shape index (κ1) is 17.3. The van der Waals surface area contributed by atoms with Crippen LogP contribution in [0, 0.1) is 0 Å². The number of hydrogen-bond donors (Lipinski definition) is 1. The van der Waals surface area contributed by atoms with Crippen LogP contribution in [-0.2, 0) is 4.79 Å². The van der Waals surface area contributed by atoms with E-state index in [0.717, 1.165) is 16.5 Å². The van der Waals surface area contributed by atoms with Crippen molar-refractivity contribution in [2.24, 2.45) is 0 Å². The van der Waals surface area contributed by atoms with Gasteiger partial charge in [-0.15, -0.1) is 0 Å². The molecule has 0 saturated carbocycles. The molecule has 1 amide bonds. The molecule has 0 unspecified atom stereocenters. The minimum Gasteiger partial charge on any atom is -0.495 e. The van der Waals surface area contributed by atoms with Crippen LogP contribution in [0.3, 0.4) is 0 Å². The molecular formula is C20H15Cl2NO2. The summed E-state index contributed by atoms with van der Waals surface area (Å²) in [6.45, 7) is 0. The van der Waals surface area contributed by atoms with Crippen LogP contribution in [0.2, 0.25) is 10.0 Å². The predicted octanol–water partition coefficient (Wildman–Crippen LogP) is 5.81. The molecule has 0 aliphatic heterocycles. The molecule has 0 fully saturated rings. The van der Waals surface area contributed by atoms with Crippen LogP contribution < -0.4 is 10.1 Å². The van der Waals surface area contributed by atoms with E-state index in [2.05, 4.69) is 5.32 Å². The van der Waals surface area contributed by atoms with Crippen LogP contribution in [0.1, 0.15) is 5.56 Å². The first-order chi connectivity index (χ1) is 12.1. The zero-order valence-electron chi connectivity index (χ0n) is 13.4. The molecule has 3 aromatic carbocycles. The zero-order chi connectivity index (χ0) is 17.8. The Morgan fingerprint density at radius 3 is 2.56 bits per heavy atom. The van der Waals surface area contributed by atoms with E-state index < -0.39 is 0 Å². The normalized spacial score (nSPS) is 11.0. The summed E-state index contributed by atoms with van der Waals surface area (Å²) in [5.41, 5.74) is 1.36. The fraction of sp³-hybridized carbons (Fsp3) is 0.0500. The predicted molar refractivity (Wildman–Crippen MR) is 105 cm³/mol. The van der Waals surface area contributed by atoms with E-state index in [4.69, 9.17) is 27.9 Å². The van der Waals surface area contributed by atoms with Crippen molar-refractivity contribution < 1.29 is 9.53 Å². The average Bonchev–Trinajstić information content (AvgIpc) is 2.59. The number of nitrogens with one attached hydrogen (secondary N) is 1. The lowest BCUT2D eigenvalue weighted by Gasteiger charge is -2.08. The lowest BCUT2D eigenvalue weighted by Crippen LogP contribution is -2.07. The van der Waals surface area contributed by atoms with Gasteiger partial charge in [0.15, 0.2) is 0 Å². The summed E-state index contributed by atoms with van der Waals surface area (Å²) in [6.07, 6.45) is 3.03. The lowest BCUT2D eigenvalue weighted by molar-refractivity contribution is -0.111. The van der Waals surface area contributed by atoms with Gasteiger partial charge in [-0.3, -0.25) is 4.79 Å². The Balaban J connectivity index is 1.79. The zero-order valence-corrected chi connectivity index (χ0v) is 14.9. The molecule has 0 atom stereocenters. The number of benzene rings is 3. The maximum absolute atomic E-state index is 12.2. The second-order valence-corrected chi connectivity index (χ2v) is 6.24. The third kappa shape index (κ3) is 4.13. The Bertz CT molecular complexity index is 967. The van der Waals surface area contributed by atoms with Crippen molar-refractivity contribution in [2.75, 3.05) is 12.4 Å². The van der Waals surface area contributed by atoms with E-state index in [0.29, 0.717) is 21.4 Å². The van der Waals surface area contributed by atoms with Crippen molar-refractivity contribution in [3.8, 4) is 5.75 Å². The van der Waals surface area contributed by atoms with Crippen LogP contribution in [-0.4, -0.2) is 13.0 Å². The van der Waals surface area contributed by atoms with Crippen molar-refractivity contribution in [3.05, 3.63) is 76.3 Å². The molecule has 126 valence electrons. The fourth-order valence-electron chi connectivity index (χ4n) is 2.54. The number of methoxy groups -OCH3 is 1. The standard InChI is InChI=1S/C20H15Cl2NO2/c1-25-20-15(10-16(21)12-18(20)22)7-9-19(24)23-17-8-6-13-4-2-3-5-14(13)11-17/h2-12H,1H3,(H,23,24). The van der Waals surface area contributed by atoms with Crippen molar-refractivity contribution in [1.82, 2.24) is 0 Å². The smallest absolute Gasteiger partial charge is 0.248 e. The topological polar surface area (TPSA) is 38.3 Å². The Hall–Kier alpha value is -2.49. The molecule has 0 heterocycles. The van der Waals surface area contributed by atoms with Gasteiger partial charge in [-0.1, -0.05) is 53.5 Å². The number of fused-ring (bicyclic) bond motifs is 1. The van der Waals surface area contributed by atoms with E-state index >= 15 is 0 Å². The van der Waals surface area contributed by atoms with Crippen LogP contribution in [0.15, 0.2) is 60.7 Å². The van der Waals surface area contributed by atoms with E-state index in [-0.39, 0.29) is 5.91 Å². The van der Waals surface area contributed by atoms with Gasteiger partial charge in [0, 0.05) is 22.3 Å². The van der Waals surface area contributed by atoms with Gasteiger partial charge in [-0.25, -0.2) is 0 Å². The average molecular weight is 372 g/mol. The van der Waals surface area contributed by atoms with Crippen LogP contribution in [0.25, 0.3) is 16.8 Å². The molecule has 0 radical (unpaired) electrons. The highest BCUT2D eigenvalue weighted by atomic mass is 35.5. The summed E-state index contributed by atoms with van der Waals surface area (Å²) in [7, 11) is 1.52. The summed E-state index contributed by atoms with van der Waals surface area (Å²) in [5.74, 6) is 0.217. The molecule has 5 heteroatoms. The molecule has 25 heavy (non-hydrogen) atoms. The number of amides is 1. The molecule has 1 N–H and O–H groups in total. The largest absolute Gasteiger partial charge is 0.495 e. The van der Waals surface area contributed by atoms with Crippen LogP contribution >= 0.6 is 23.2 Å². The number of hydrogen-bond acceptors (Lipinski definition) is 2. The molecule has 0 bridgehead atoms. The number of anilines is 1. The Kier molecular flexibility index (Phi) is 5.27. The molecule has 0 spiro atoms. The van der Waals surface area contributed by atoms with Gasteiger partial charge < -0.3 is 10.1 Å². The molecule has 3 nitrogen and oxygen atoms in total. The third-order valence-corrected chi connectivity index (χ3v) is 4.17. The number of ether oxygens (including phenoxy) is 1. The van der Waals surface area contributed by atoms with E-state index in [1.54, 1.807) is 18.2 Å². The Morgan fingerprint density at radius 1 is 1.04 bits per heavy atom. The number of carbonyl (C=O) groups is 1. The number of halogens is 2. The molecule has 3 rings (SSSR count). The maximum Gasteiger partial charge on any atom is 0.248 e. The van der Waals surface area contributed by atoms with Crippen molar-refractivity contribution >= 4 is 51.6 Å². The van der Waals surface area contributed by atoms with Crippen LogP contribution in [0.4, 0.5) is 5.69 Å². The second kappa shape index (κ2) is 7.60. The highest BCUT2D eigenvalue weighted by Gasteiger charge is 2.08. The SMILES string of the molecule is COc1c(Cl)cc(Cl)cc1C=CC(=O)Nc1ccc2ccccc2c1. The van der Waals surface area contributed by atoms with Crippen molar-refractivity contribution in [1.29, 1.82) is 0 Å². The molecule has 0 aromatic heterocycles. The van der Waals surface area contributed by atoms with E-state index in [1.807, 2.05) is 42.5 Å². The highest BCUT2D eigenvalue weighted by molar-refractivity contribution is 6.36. The van der Waals surface area contributed by atoms with Crippen molar-refractivity contribution in [3.63, 3.8) is 0 Å². The summed E-state index contributed by atoms with van der Waals surface area (Å²) in [4.78, 5) is 12.2. The number of rotatable bonds is 4. The number of carbonyl (C=O) groups excluding carboxylic acids is 1. The van der Waals surface area contributed by atoms with Gasteiger partial charge in [0.1, 0.15) is 5.75 Å². The van der Waals surface area contributed by atoms with Gasteiger partial charge in [0.25, 0.3) is 0 Å². The first-order valence-corrected chi connectivity index (χ1v) is 8.33. The second-order valence-electron chi connectivity index (χ2n) is 5.39. The van der Waals surface area contributed by atoms with Gasteiger partial charge in [0.2, 0.25) is 5.91 Å². The van der Waals surface area contributed by atoms with Gasteiger partial charge in [-0.05, 0) is 41.1 Å². The minimum atomic E-state index is -0.256. The molecule has 0 aliphatic rings. The fourth-order valence-corrected chi connectivity index (χ4v) is 3.12. The highest BCUT2D eigenvalue weighted by Crippen LogP contribution is 2.33. The van der Waals surface area contributed by atoms with Gasteiger partial charge >= 0.3 is 0 Å². The molecule has 0 saturated heterocycles. The molecule has 3 aromatic rings. The monoisotopic (exact) mass is 371 g/mol. The minimum absolute atomic E-state index is 0.256. The summed E-state index contributed by atoms with van der Waals surface area (Å²) < 4.78 is 5.26. The van der Waals surface area contributed by atoms with E-state index in [1.165, 1.54) is 13.2 Å². The molecular weight excluding hydrogens is 357 g/mol. The Morgan fingerprint density at radius 2 is 1.80 bits per heavy atom. The van der Waals surface area contributed by atoms with Crippen molar-refractivity contribution in [2.45, 2.75) is 0 Å².